The van der Waals surface area contributed by atoms with Gasteiger partial charge >= 0.3 is 0 Å². The van der Waals surface area contributed by atoms with Crippen molar-refractivity contribution in [1.29, 1.82) is 0 Å². The number of aryl methyl sites for hydroxylation is 1. The Hall–Kier alpha value is -1.33. The van der Waals surface area contributed by atoms with Crippen molar-refractivity contribution >= 4 is 15.9 Å². The number of aromatic nitrogens is 1. The monoisotopic (exact) mass is 352 g/mol. The molecule has 110 valence electrons. The van der Waals surface area contributed by atoms with E-state index in [-0.39, 0.29) is 10.4 Å². The summed E-state index contributed by atoms with van der Waals surface area (Å²) < 4.78 is 27.1. The van der Waals surface area contributed by atoms with Crippen LogP contribution in [0.15, 0.2) is 34.9 Å². The Morgan fingerprint density at radius 2 is 2.10 bits per heavy atom. The van der Waals surface area contributed by atoms with Crippen LogP contribution in [0.2, 0.25) is 0 Å². The first-order chi connectivity index (χ1) is 10.1. The molecule has 0 fully saturated rings. The smallest absolute Gasteiger partial charge is 0.173 e. The van der Waals surface area contributed by atoms with Gasteiger partial charge in [0, 0.05) is 23.9 Å². The molecule has 1 heterocycles. The average Bonchev–Trinajstić information content (AvgIpc) is 2.51. The van der Waals surface area contributed by atoms with E-state index in [1.165, 1.54) is 5.56 Å². The summed E-state index contributed by atoms with van der Waals surface area (Å²) in [5.74, 6) is -1.74. The number of nitrogens with two attached hydrogens (primary N) is 1. The van der Waals surface area contributed by atoms with Crippen LogP contribution < -0.4 is 5.73 Å². The largest absolute Gasteiger partial charge is 0.323 e. The fraction of sp³-hybridized carbons (Fsp3) is 0.312. The molecule has 3 rings (SSSR count). The lowest BCUT2D eigenvalue weighted by Crippen LogP contribution is -2.25. The minimum Gasteiger partial charge on any atom is -0.323 e. The van der Waals surface area contributed by atoms with E-state index in [9.17, 15) is 8.78 Å². The highest BCUT2D eigenvalue weighted by atomic mass is 79.9. The lowest BCUT2D eigenvalue weighted by atomic mass is 9.80. The Balaban J connectivity index is 2.01. The van der Waals surface area contributed by atoms with Crippen molar-refractivity contribution in [3.63, 3.8) is 0 Å². The predicted molar refractivity (Wildman–Crippen MR) is 80.9 cm³/mol. The number of rotatable bonds is 2. The Bertz CT molecular complexity index is 675. The number of fused-ring (bicyclic) bond motifs is 1. The van der Waals surface area contributed by atoms with Gasteiger partial charge in [0.1, 0.15) is 0 Å². The molecule has 2 atom stereocenters. The molecule has 2 unspecified atom stereocenters. The van der Waals surface area contributed by atoms with E-state index in [0.29, 0.717) is 5.56 Å². The van der Waals surface area contributed by atoms with E-state index in [1.807, 2.05) is 6.07 Å². The van der Waals surface area contributed by atoms with Gasteiger partial charge in [-0.3, -0.25) is 4.98 Å². The summed E-state index contributed by atoms with van der Waals surface area (Å²) >= 11 is 3.12. The molecular weight excluding hydrogens is 338 g/mol. The van der Waals surface area contributed by atoms with Gasteiger partial charge in [-0.1, -0.05) is 12.1 Å². The zero-order valence-corrected chi connectivity index (χ0v) is 12.9. The fourth-order valence-electron chi connectivity index (χ4n) is 3.01. The van der Waals surface area contributed by atoms with Crippen LogP contribution in [0.3, 0.4) is 0 Å². The second kappa shape index (κ2) is 5.81. The summed E-state index contributed by atoms with van der Waals surface area (Å²) in [6.07, 6.45) is 4.67. The summed E-state index contributed by atoms with van der Waals surface area (Å²) in [5.41, 5.74) is 9.10. The average molecular weight is 353 g/mol. The maximum absolute atomic E-state index is 13.7. The van der Waals surface area contributed by atoms with Gasteiger partial charge in [-0.25, -0.2) is 8.78 Å². The van der Waals surface area contributed by atoms with Gasteiger partial charge < -0.3 is 5.73 Å². The third-order valence-corrected chi connectivity index (χ3v) is 4.90. The number of halogens is 3. The highest BCUT2D eigenvalue weighted by Crippen LogP contribution is 2.40. The van der Waals surface area contributed by atoms with Crippen molar-refractivity contribution in [1.82, 2.24) is 4.98 Å². The Labute approximate surface area is 130 Å². The SMILES string of the molecule is NC(c1ccc(F)c(F)c1Br)C1CCCc2cccnc21. The van der Waals surface area contributed by atoms with Crippen molar-refractivity contribution in [2.75, 3.05) is 0 Å². The first-order valence-electron chi connectivity index (χ1n) is 6.92. The normalized spacial score (nSPS) is 19.1. The fourth-order valence-corrected chi connectivity index (χ4v) is 3.60. The molecular formula is C16H15BrF2N2. The standard InChI is InChI=1S/C16H15BrF2N2/c17-13-10(6-7-12(18)14(13)19)15(20)11-5-1-3-9-4-2-8-21-16(9)11/h2,4,6-8,11,15H,1,3,5,20H2. The first kappa shape index (κ1) is 14.6. The van der Waals surface area contributed by atoms with Crippen LogP contribution in [-0.4, -0.2) is 4.98 Å². The summed E-state index contributed by atoms with van der Waals surface area (Å²) in [4.78, 5) is 4.45. The van der Waals surface area contributed by atoms with Crippen molar-refractivity contribution in [2.45, 2.75) is 31.2 Å². The molecule has 0 saturated carbocycles. The van der Waals surface area contributed by atoms with Crippen molar-refractivity contribution < 1.29 is 8.78 Å². The zero-order chi connectivity index (χ0) is 15.0. The van der Waals surface area contributed by atoms with Gasteiger partial charge in [0.2, 0.25) is 0 Å². The summed E-state index contributed by atoms with van der Waals surface area (Å²) in [6, 6.07) is 6.23. The molecule has 0 aliphatic heterocycles. The van der Waals surface area contributed by atoms with Gasteiger partial charge in [0.25, 0.3) is 0 Å². The van der Waals surface area contributed by atoms with Crippen molar-refractivity contribution in [3.05, 3.63) is 63.4 Å². The molecule has 0 spiro atoms. The van der Waals surface area contributed by atoms with E-state index < -0.39 is 17.7 Å². The Morgan fingerprint density at radius 1 is 1.29 bits per heavy atom. The van der Waals surface area contributed by atoms with Crippen molar-refractivity contribution in [3.8, 4) is 0 Å². The van der Waals surface area contributed by atoms with Crippen LogP contribution in [0.1, 0.15) is 41.6 Å². The molecule has 2 aromatic rings. The molecule has 0 amide bonds. The number of hydrogen-bond donors (Lipinski definition) is 1. The number of nitrogens with zero attached hydrogens (tertiary/aromatic N) is 1. The molecule has 0 bridgehead atoms. The maximum Gasteiger partial charge on any atom is 0.173 e. The van der Waals surface area contributed by atoms with Gasteiger partial charge in [0.05, 0.1) is 4.47 Å². The molecule has 1 aromatic heterocycles. The molecule has 0 radical (unpaired) electrons. The van der Waals surface area contributed by atoms with Crippen LogP contribution >= 0.6 is 15.9 Å². The molecule has 2 N–H and O–H groups in total. The first-order valence-corrected chi connectivity index (χ1v) is 7.71. The lowest BCUT2D eigenvalue weighted by Gasteiger charge is -2.30. The van der Waals surface area contributed by atoms with Gasteiger partial charge in [0.15, 0.2) is 11.6 Å². The van der Waals surface area contributed by atoms with Crippen LogP contribution in [-0.2, 0) is 6.42 Å². The Kier molecular flexibility index (Phi) is 4.04. The van der Waals surface area contributed by atoms with E-state index in [2.05, 4.69) is 27.0 Å². The van der Waals surface area contributed by atoms with E-state index >= 15 is 0 Å². The molecule has 1 aliphatic carbocycles. The van der Waals surface area contributed by atoms with E-state index in [0.717, 1.165) is 31.0 Å². The van der Waals surface area contributed by atoms with Gasteiger partial charge in [-0.2, -0.15) is 0 Å². The highest BCUT2D eigenvalue weighted by molar-refractivity contribution is 9.10. The van der Waals surface area contributed by atoms with Crippen LogP contribution in [0.25, 0.3) is 0 Å². The molecule has 0 saturated heterocycles. The Morgan fingerprint density at radius 3 is 2.90 bits per heavy atom. The predicted octanol–water partition coefficient (Wildman–Crippen LogP) is 4.24. The lowest BCUT2D eigenvalue weighted by molar-refractivity contribution is 0.453. The van der Waals surface area contributed by atoms with E-state index in [4.69, 9.17) is 5.73 Å². The third-order valence-electron chi connectivity index (χ3n) is 4.10. The highest BCUT2D eigenvalue weighted by Gasteiger charge is 2.29. The summed E-state index contributed by atoms with van der Waals surface area (Å²) in [6.45, 7) is 0. The maximum atomic E-state index is 13.7. The van der Waals surface area contributed by atoms with Crippen molar-refractivity contribution in [2.24, 2.45) is 5.73 Å². The quantitative estimate of drug-likeness (QED) is 0.821. The zero-order valence-electron chi connectivity index (χ0n) is 11.3. The molecule has 21 heavy (non-hydrogen) atoms. The third kappa shape index (κ3) is 2.60. The molecule has 5 heteroatoms. The van der Waals surface area contributed by atoms with Crippen LogP contribution in [0, 0.1) is 11.6 Å². The minimum absolute atomic E-state index is 0.0242. The second-order valence-corrected chi connectivity index (χ2v) is 6.13. The summed E-state index contributed by atoms with van der Waals surface area (Å²) in [7, 11) is 0. The van der Waals surface area contributed by atoms with E-state index in [1.54, 1.807) is 12.3 Å². The molecule has 2 nitrogen and oxygen atoms in total. The van der Waals surface area contributed by atoms with Crippen LogP contribution in [0.5, 0.6) is 0 Å². The molecule has 1 aliphatic rings. The second-order valence-electron chi connectivity index (χ2n) is 5.34. The number of hydrogen-bond acceptors (Lipinski definition) is 2. The van der Waals surface area contributed by atoms with Gasteiger partial charge in [-0.15, -0.1) is 0 Å². The number of pyridine rings is 1. The number of benzene rings is 1. The topological polar surface area (TPSA) is 38.9 Å². The summed E-state index contributed by atoms with van der Waals surface area (Å²) in [5, 5.41) is 0. The minimum atomic E-state index is -0.889. The van der Waals surface area contributed by atoms with Crippen LogP contribution in [0.4, 0.5) is 8.78 Å². The van der Waals surface area contributed by atoms with Gasteiger partial charge in [-0.05, 0) is 58.5 Å². The molecule has 1 aromatic carbocycles.